The molecule has 2 atom stereocenters. The van der Waals surface area contributed by atoms with Crippen LogP contribution in [0.15, 0.2) is 0 Å². The first-order valence-corrected chi connectivity index (χ1v) is 6.59. The van der Waals surface area contributed by atoms with E-state index in [1.165, 1.54) is 12.8 Å². The summed E-state index contributed by atoms with van der Waals surface area (Å²) in [6.07, 6.45) is 5.76. The molecular formula is C10H20N2OS. The predicted octanol–water partition coefficient (Wildman–Crippen LogP) is 0.996. The highest BCUT2D eigenvalue weighted by atomic mass is 32.2. The lowest BCUT2D eigenvalue weighted by Crippen LogP contribution is -2.43. The Morgan fingerprint density at radius 2 is 2.29 bits per heavy atom. The van der Waals surface area contributed by atoms with Crippen molar-refractivity contribution in [3.8, 4) is 0 Å². The summed E-state index contributed by atoms with van der Waals surface area (Å²) in [5.41, 5.74) is 0. The smallest absolute Gasteiger partial charge is 0.234 e. The molecule has 0 bridgehead atoms. The van der Waals surface area contributed by atoms with Gasteiger partial charge in [0.25, 0.3) is 0 Å². The van der Waals surface area contributed by atoms with Crippen LogP contribution in [0, 0.1) is 0 Å². The zero-order valence-electron chi connectivity index (χ0n) is 9.01. The minimum atomic E-state index is 0.137. The number of rotatable bonds is 5. The van der Waals surface area contributed by atoms with Crippen molar-refractivity contribution in [2.45, 2.75) is 37.5 Å². The van der Waals surface area contributed by atoms with E-state index < -0.39 is 0 Å². The SMILES string of the molecule is CCNCC(=O)NC1CCCC1SC. The first-order valence-electron chi connectivity index (χ1n) is 5.30. The highest BCUT2D eigenvalue weighted by Crippen LogP contribution is 2.28. The summed E-state index contributed by atoms with van der Waals surface area (Å²) in [5.74, 6) is 0.137. The minimum Gasteiger partial charge on any atom is -0.351 e. The van der Waals surface area contributed by atoms with Gasteiger partial charge in [0.05, 0.1) is 6.54 Å². The fourth-order valence-electron chi connectivity index (χ4n) is 1.87. The molecule has 0 aromatic heterocycles. The van der Waals surface area contributed by atoms with Crippen LogP contribution in [0.4, 0.5) is 0 Å². The first kappa shape index (κ1) is 11.9. The first-order chi connectivity index (χ1) is 6.77. The Bertz CT molecular complexity index is 187. The molecule has 3 nitrogen and oxygen atoms in total. The molecule has 1 aliphatic carbocycles. The quantitative estimate of drug-likeness (QED) is 0.720. The third-order valence-corrected chi connectivity index (χ3v) is 3.81. The second-order valence-corrected chi connectivity index (χ2v) is 4.74. The Kier molecular flexibility index (Phi) is 5.33. The Hall–Kier alpha value is -0.220. The Morgan fingerprint density at radius 1 is 1.50 bits per heavy atom. The summed E-state index contributed by atoms with van der Waals surface area (Å²) in [5, 5.41) is 6.75. The van der Waals surface area contributed by atoms with E-state index in [1.54, 1.807) is 0 Å². The van der Waals surface area contributed by atoms with Crippen LogP contribution in [0.2, 0.25) is 0 Å². The molecule has 0 saturated heterocycles. The lowest BCUT2D eigenvalue weighted by atomic mass is 10.2. The number of thioether (sulfide) groups is 1. The maximum Gasteiger partial charge on any atom is 0.234 e. The zero-order chi connectivity index (χ0) is 10.4. The fourth-order valence-corrected chi connectivity index (χ4v) is 2.80. The van der Waals surface area contributed by atoms with E-state index in [2.05, 4.69) is 16.9 Å². The summed E-state index contributed by atoms with van der Waals surface area (Å²) in [6.45, 7) is 3.31. The Balaban J connectivity index is 2.25. The minimum absolute atomic E-state index is 0.137. The summed E-state index contributed by atoms with van der Waals surface area (Å²) in [4.78, 5) is 11.4. The number of nitrogens with one attached hydrogen (secondary N) is 2. The molecule has 2 N–H and O–H groups in total. The van der Waals surface area contributed by atoms with Crippen molar-refractivity contribution in [3.63, 3.8) is 0 Å². The number of hydrogen-bond donors (Lipinski definition) is 2. The van der Waals surface area contributed by atoms with Crippen LogP contribution in [0.5, 0.6) is 0 Å². The number of hydrogen-bond acceptors (Lipinski definition) is 3. The molecule has 1 aliphatic rings. The summed E-state index contributed by atoms with van der Waals surface area (Å²) in [7, 11) is 0. The van der Waals surface area contributed by atoms with Crippen molar-refractivity contribution < 1.29 is 4.79 Å². The molecule has 82 valence electrons. The molecule has 0 spiro atoms. The van der Waals surface area contributed by atoms with E-state index in [9.17, 15) is 4.79 Å². The molecule has 1 saturated carbocycles. The molecule has 2 unspecified atom stereocenters. The van der Waals surface area contributed by atoms with Gasteiger partial charge in [-0.15, -0.1) is 0 Å². The van der Waals surface area contributed by atoms with Gasteiger partial charge in [0.2, 0.25) is 5.91 Å². The van der Waals surface area contributed by atoms with Crippen LogP contribution in [0.1, 0.15) is 26.2 Å². The van der Waals surface area contributed by atoms with Crippen LogP contribution >= 0.6 is 11.8 Å². The second-order valence-electron chi connectivity index (χ2n) is 3.66. The monoisotopic (exact) mass is 216 g/mol. The largest absolute Gasteiger partial charge is 0.351 e. The molecular weight excluding hydrogens is 196 g/mol. The predicted molar refractivity (Wildman–Crippen MR) is 61.6 cm³/mol. The summed E-state index contributed by atoms with van der Waals surface area (Å²) in [6, 6.07) is 0.399. The average Bonchev–Trinajstić information content (AvgIpc) is 2.62. The maximum atomic E-state index is 11.4. The molecule has 14 heavy (non-hydrogen) atoms. The molecule has 0 heterocycles. The van der Waals surface area contributed by atoms with Gasteiger partial charge in [0, 0.05) is 11.3 Å². The number of carbonyl (C=O) groups is 1. The van der Waals surface area contributed by atoms with E-state index in [0.717, 1.165) is 13.0 Å². The van der Waals surface area contributed by atoms with Gasteiger partial charge in [0.1, 0.15) is 0 Å². The van der Waals surface area contributed by atoms with E-state index in [1.807, 2.05) is 18.7 Å². The van der Waals surface area contributed by atoms with Crippen molar-refractivity contribution >= 4 is 17.7 Å². The molecule has 0 aliphatic heterocycles. The summed E-state index contributed by atoms with van der Waals surface area (Å²) >= 11 is 1.87. The third kappa shape index (κ3) is 3.50. The number of amides is 1. The standard InChI is InChI=1S/C10H20N2OS/c1-3-11-7-10(13)12-8-5-4-6-9(8)14-2/h8-9,11H,3-7H2,1-2H3,(H,12,13). The maximum absolute atomic E-state index is 11.4. The molecule has 0 aromatic carbocycles. The molecule has 1 amide bonds. The second kappa shape index (κ2) is 6.30. The van der Waals surface area contributed by atoms with E-state index in [0.29, 0.717) is 17.8 Å². The van der Waals surface area contributed by atoms with Crippen molar-refractivity contribution in [1.82, 2.24) is 10.6 Å². The van der Waals surface area contributed by atoms with Gasteiger partial charge in [-0.1, -0.05) is 13.3 Å². The fraction of sp³-hybridized carbons (Fsp3) is 0.900. The zero-order valence-corrected chi connectivity index (χ0v) is 9.82. The lowest BCUT2D eigenvalue weighted by Gasteiger charge is -2.19. The van der Waals surface area contributed by atoms with E-state index >= 15 is 0 Å². The van der Waals surface area contributed by atoms with Crippen LogP contribution in [0.25, 0.3) is 0 Å². The van der Waals surface area contributed by atoms with Gasteiger partial charge in [-0.2, -0.15) is 11.8 Å². The topological polar surface area (TPSA) is 41.1 Å². The van der Waals surface area contributed by atoms with Gasteiger partial charge >= 0.3 is 0 Å². The number of likely N-dealkylation sites (N-methyl/N-ethyl adjacent to an activating group) is 1. The molecule has 4 heteroatoms. The average molecular weight is 216 g/mol. The van der Waals surface area contributed by atoms with Crippen molar-refractivity contribution in [3.05, 3.63) is 0 Å². The van der Waals surface area contributed by atoms with Crippen molar-refractivity contribution in [2.75, 3.05) is 19.3 Å². The number of carbonyl (C=O) groups excluding carboxylic acids is 1. The molecule has 0 radical (unpaired) electrons. The normalized spacial score (nSPS) is 26.4. The molecule has 1 rings (SSSR count). The van der Waals surface area contributed by atoms with E-state index in [-0.39, 0.29) is 5.91 Å². The highest BCUT2D eigenvalue weighted by Gasteiger charge is 2.27. The highest BCUT2D eigenvalue weighted by molar-refractivity contribution is 7.99. The van der Waals surface area contributed by atoms with E-state index in [4.69, 9.17) is 0 Å². The van der Waals surface area contributed by atoms with Gasteiger partial charge in [-0.05, 0) is 25.6 Å². The van der Waals surface area contributed by atoms with Crippen LogP contribution in [-0.4, -0.2) is 36.5 Å². The Morgan fingerprint density at radius 3 is 2.93 bits per heavy atom. The van der Waals surface area contributed by atoms with Gasteiger partial charge in [-0.25, -0.2) is 0 Å². The van der Waals surface area contributed by atoms with Gasteiger partial charge in [-0.3, -0.25) is 4.79 Å². The van der Waals surface area contributed by atoms with Crippen LogP contribution < -0.4 is 10.6 Å². The Labute approximate surface area is 90.4 Å². The van der Waals surface area contributed by atoms with Crippen LogP contribution in [-0.2, 0) is 4.79 Å². The van der Waals surface area contributed by atoms with Crippen molar-refractivity contribution in [1.29, 1.82) is 0 Å². The summed E-state index contributed by atoms with van der Waals surface area (Å²) < 4.78 is 0. The third-order valence-electron chi connectivity index (χ3n) is 2.64. The van der Waals surface area contributed by atoms with Gasteiger partial charge < -0.3 is 10.6 Å². The van der Waals surface area contributed by atoms with Crippen molar-refractivity contribution in [2.24, 2.45) is 0 Å². The van der Waals surface area contributed by atoms with Crippen LogP contribution in [0.3, 0.4) is 0 Å². The van der Waals surface area contributed by atoms with Gasteiger partial charge in [0.15, 0.2) is 0 Å². The lowest BCUT2D eigenvalue weighted by molar-refractivity contribution is -0.120. The molecule has 1 fully saturated rings. The molecule has 0 aromatic rings.